The Morgan fingerprint density at radius 3 is 2.79 bits per heavy atom. The zero-order chi connectivity index (χ0) is 16.8. The maximum atomic E-state index is 11.4. The number of rotatable bonds is 2. The van der Waals surface area contributed by atoms with Gasteiger partial charge in [0.1, 0.15) is 0 Å². The third-order valence-corrected chi connectivity index (χ3v) is 5.17. The van der Waals surface area contributed by atoms with Gasteiger partial charge in [0.2, 0.25) is 0 Å². The molecule has 1 aromatic carbocycles. The molecule has 0 radical (unpaired) electrons. The van der Waals surface area contributed by atoms with Crippen molar-refractivity contribution in [3.05, 3.63) is 42.1 Å². The van der Waals surface area contributed by atoms with Gasteiger partial charge in [-0.25, -0.2) is 10.4 Å². The number of nitrogens with zero attached hydrogens (tertiary/aromatic N) is 4. The largest absolute Gasteiger partial charge is 0.348 e. The Morgan fingerprint density at radius 1 is 1.25 bits per heavy atom. The van der Waals surface area contributed by atoms with Crippen LogP contribution in [0.25, 0.3) is 22.6 Å². The number of carbonyl (C=O) groups is 1. The fourth-order valence-electron chi connectivity index (χ4n) is 3.02. The predicted molar refractivity (Wildman–Crippen MR) is 97.2 cm³/mol. The van der Waals surface area contributed by atoms with Gasteiger partial charge in [-0.2, -0.15) is 5.10 Å². The summed E-state index contributed by atoms with van der Waals surface area (Å²) in [7, 11) is 4.03. The summed E-state index contributed by atoms with van der Waals surface area (Å²) in [6.45, 7) is 1.99. The summed E-state index contributed by atoms with van der Waals surface area (Å²) in [5.41, 5.74) is 7.45. The first-order valence-corrected chi connectivity index (χ1v) is 8.55. The summed E-state index contributed by atoms with van der Waals surface area (Å²) in [6.07, 6.45) is 2.01. The monoisotopic (exact) mass is 339 g/mol. The highest BCUT2D eigenvalue weighted by atomic mass is 32.2. The molecular weight excluding hydrogens is 322 g/mol. The number of hydrogen-bond acceptors (Lipinski definition) is 4. The van der Waals surface area contributed by atoms with Crippen molar-refractivity contribution in [3.63, 3.8) is 0 Å². The van der Waals surface area contributed by atoms with Crippen molar-refractivity contribution in [1.82, 2.24) is 19.5 Å². The Morgan fingerprint density at radius 2 is 2.08 bits per heavy atom. The van der Waals surface area contributed by atoms with Crippen LogP contribution in [-0.2, 0) is 14.1 Å². The van der Waals surface area contributed by atoms with Crippen LogP contribution in [0.1, 0.15) is 12.5 Å². The highest BCUT2D eigenvalue weighted by molar-refractivity contribution is 8.14. The lowest BCUT2D eigenvalue weighted by Crippen LogP contribution is -2.29. The fraction of sp³-hybridized carbons (Fsp3) is 0.235. The Bertz CT molecular complexity index is 984. The van der Waals surface area contributed by atoms with Crippen LogP contribution >= 0.6 is 11.8 Å². The minimum Gasteiger partial charge on any atom is -0.348 e. The minimum atomic E-state index is -0.115. The van der Waals surface area contributed by atoms with Crippen LogP contribution < -0.4 is 5.43 Å². The van der Waals surface area contributed by atoms with Gasteiger partial charge in [-0.05, 0) is 31.2 Å². The van der Waals surface area contributed by atoms with Crippen LogP contribution in [0, 0.1) is 0 Å². The minimum absolute atomic E-state index is 0.0206. The molecule has 0 saturated heterocycles. The third kappa shape index (κ3) is 2.32. The molecule has 3 aromatic rings. The number of amides is 1. The Labute approximate surface area is 143 Å². The van der Waals surface area contributed by atoms with E-state index in [4.69, 9.17) is 4.98 Å². The average Bonchev–Trinajstić information content (AvgIpc) is 3.10. The highest BCUT2D eigenvalue weighted by Gasteiger charge is 2.23. The predicted octanol–water partition coefficient (Wildman–Crippen LogP) is 3.13. The molecule has 0 spiro atoms. The SMILES string of the molecule is CC1SC(=O)NN=C1c1ccc2c(c1)nc(-c1cccn1C)n2C. The quantitative estimate of drug-likeness (QED) is 0.780. The lowest BCUT2D eigenvalue weighted by molar-refractivity contribution is 0.261. The third-order valence-electron chi connectivity index (χ3n) is 4.29. The summed E-state index contributed by atoms with van der Waals surface area (Å²) in [5, 5.41) is 4.13. The molecule has 0 saturated carbocycles. The van der Waals surface area contributed by atoms with E-state index in [1.165, 1.54) is 11.8 Å². The van der Waals surface area contributed by atoms with Gasteiger partial charge < -0.3 is 9.13 Å². The molecule has 1 amide bonds. The maximum absolute atomic E-state index is 11.4. The van der Waals surface area contributed by atoms with Crippen molar-refractivity contribution in [2.45, 2.75) is 12.2 Å². The number of aryl methyl sites for hydroxylation is 2. The molecule has 1 N–H and O–H groups in total. The maximum Gasteiger partial charge on any atom is 0.299 e. The molecule has 1 aliphatic rings. The van der Waals surface area contributed by atoms with E-state index in [2.05, 4.69) is 31.8 Å². The van der Waals surface area contributed by atoms with E-state index in [0.29, 0.717) is 0 Å². The van der Waals surface area contributed by atoms with Crippen LogP contribution in [0.5, 0.6) is 0 Å². The zero-order valence-corrected chi connectivity index (χ0v) is 14.5. The first-order chi connectivity index (χ1) is 11.5. The molecule has 3 heterocycles. The van der Waals surface area contributed by atoms with Crippen LogP contribution in [0.2, 0.25) is 0 Å². The van der Waals surface area contributed by atoms with E-state index in [1.54, 1.807) is 0 Å². The number of carbonyl (C=O) groups excluding carboxylic acids is 1. The van der Waals surface area contributed by atoms with E-state index in [-0.39, 0.29) is 10.5 Å². The Balaban J connectivity index is 1.82. The second-order valence-electron chi connectivity index (χ2n) is 5.86. The van der Waals surface area contributed by atoms with Gasteiger partial charge in [0.15, 0.2) is 5.82 Å². The van der Waals surface area contributed by atoms with Crippen LogP contribution in [0.4, 0.5) is 4.79 Å². The molecule has 1 unspecified atom stereocenters. The summed E-state index contributed by atoms with van der Waals surface area (Å²) >= 11 is 1.25. The first-order valence-electron chi connectivity index (χ1n) is 7.67. The summed E-state index contributed by atoms with van der Waals surface area (Å²) in [6, 6.07) is 10.2. The smallest absolute Gasteiger partial charge is 0.299 e. The summed E-state index contributed by atoms with van der Waals surface area (Å²) in [5.74, 6) is 0.927. The number of hydrogen-bond donors (Lipinski definition) is 1. The summed E-state index contributed by atoms with van der Waals surface area (Å²) in [4.78, 5) is 16.2. The van der Waals surface area contributed by atoms with Gasteiger partial charge in [0.25, 0.3) is 5.24 Å². The van der Waals surface area contributed by atoms with Crippen molar-refractivity contribution < 1.29 is 4.79 Å². The molecule has 1 aliphatic heterocycles. The van der Waals surface area contributed by atoms with Crippen LogP contribution in [-0.4, -0.2) is 30.3 Å². The molecule has 24 heavy (non-hydrogen) atoms. The van der Waals surface area contributed by atoms with Gasteiger partial charge >= 0.3 is 0 Å². The number of nitrogens with one attached hydrogen (secondary N) is 1. The van der Waals surface area contributed by atoms with Crippen molar-refractivity contribution in [2.24, 2.45) is 19.2 Å². The zero-order valence-electron chi connectivity index (χ0n) is 13.6. The Kier molecular flexibility index (Phi) is 3.45. The standard InChI is InChI=1S/C17H17N5OS/c1-10-15(19-20-17(23)24-10)11-6-7-13-12(9-11)18-16(22(13)3)14-5-4-8-21(14)2/h4-10H,1-3H3,(H,20,23). The van der Waals surface area contributed by atoms with Crippen molar-refractivity contribution in [1.29, 1.82) is 0 Å². The average molecular weight is 339 g/mol. The number of hydrazone groups is 1. The second-order valence-corrected chi connectivity index (χ2v) is 7.17. The van der Waals surface area contributed by atoms with Gasteiger partial charge in [-0.3, -0.25) is 4.79 Å². The normalized spacial score (nSPS) is 17.9. The molecule has 4 rings (SSSR count). The van der Waals surface area contributed by atoms with Gasteiger partial charge in [-0.15, -0.1) is 0 Å². The molecular formula is C17H17N5OS. The van der Waals surface area contributed by atoms with Crippen molar-refractivity contribution in [3.8, 4) is 11.5 Å². The number of aromatic nitrogens is 3. The molecule has 0 bridgehead atoms. The molecule has 122 valence electrons. The lowest BCUT2D eigenvalue weighted by atomic mass is 10.1. The fourth-order valence-corrected chi connectivity index (χ4v) is 3.74. The topological polar surface area (TPSA) is 64.2 Å². The van der Waals surface area contributed by atoms with Gasteiger partial charge in [0, 0.05) is 25.9 Å². The number of thioether (sulfide) groups is 1. The van der Waals surface area contributed by atoms with E-state index in [1.807, 2.05) is 45.4 Å². The molecule has 1 atom stereocenters. The second kappa shape index (κ2) is 5.52. The molecule has 6 nitrogen and oxygen atoms in total. The van der Waals surface area contributed by atoms with Gasteiger partial charge in [-0.1, -0.05) is 17.8 Å². The molecule has 7 heteroatoms. The van der Waals surface area contributed by atoms with E-state index in [0.717, 1.165) is 33.8 Å². The van der Waals surface area contributed by atoms with Crippen LogP contribution in [0.15, 0.2) is 41.6 Å². The van der Waals surface area contributed by atoms with Gasteiger partial charge in [0.05, 0.1) is 27.7 Å². The molecule has 0 fully saturated rings. The number of imidazole rings is 1. The number of benzene rings is 1. The first kappa shape index (κ1) is 15.0. The Hall–Kier alpha value is -2.54. The van der Waals surface area contributed by atoms with E-state index >= 15 is 0 Å². The molecule has 0 aliphatic carbocycles. The van der Waals surface area contributed by atoms with Crippen molar-refractivity contribution in [2.75, 3.05) is 0 Å². The van der Waals surface area contributed by atoms with Crippen LogP contribution in [0.3, 0.4) is 0 Å². The van der Waals surface area contributed by atoms with Crippen molar-refractivity contribution >= 4 is 33.7 Å². The number of fused-ring (bicyclic) bond motifs is 1. The van der Waals surface area contributed by atoms with E-state index < -0.39 is 0 Å². The van der Waals surface area contributed by atoms with E-state index in [9.17, 15) is 4.79 Å². The highest BCUT2D eigenvalue weighted by Crippen LogP contribution is 2.27. The summed E-state index contributed by atoms with van der Waals surface area (Å²) < 4.78 is 4.15. The molecule has 2 aromatic heterocycles. The lowest BCUT2D eigenvalue weighted by Gasteiger charge is -2.18.